The molecule has 1 aromatic carbocycles. The molecule has 0 radical (unpaired) electrons. The Morgan fingerprint density at radius 3 is 2.56 bits per heavy atom. The summed E-state index contributed by atoms with van der Waals surface area (Å²) in [5, 5.41) is 4.67. The quantitative estimate of drug-likeness (QED) is 0.455. The zero-order valence-electron chi connectivity index (χ0n) is 19.1. The van der Waals surface area contributed by atoms with Crippen LogP contribution in [0, 0.1) is 0 Å². The highest BCUT2D eigenvalue weighted by molar-refractivity contribution is 5.95. The van der Waals surface area contributed by atoms with Crippen LogP contribution >= 0.6 is 0 Å². The summed E-state index contributed by atoms with van der Waals surface area (Å²) in [7, 11) is 1.73. The molecule has 4 aromatic rings. The Hall–Kier alpha value is -3.82. The Morgan fingerprint density at radius 2 is 1.82 bits per heavy atom. The van der Waals surface area contributed by atoms with Gasteiger partial charge in [-0.2, -0.15) is 0 Å². The molecular formula is C25H27N7O2. The zero-order valence-corrected chi connectivity index (χ0v) is 19.1. The lowest BCUT2D eigenvalue weighted by Gasteiger charge is -2.26. The first kappa shape index (κ1) is 22.0. The number of anilines is 3. The maximum Gasteiger partial charge on any atom is 0.261 e. The summed E-state index contributed by atoms with van der Waals surface area (Å²) in [5.41, 5.74) is 9.02. The summed E-state index contributed by atoms with van der Waals surface area (Å²) >= 11 is 0. The van der Waals surface area contributed by atoms with Crippen LogP contribution < -0.4 is 16.6 Å². The van der Waals surface area contributed by atoms with E-state index in [4.69, 9.17) is 15.5 Å². The Balaban J connectivity index is 1.43. The maximum atomic E-state index is 12.9. The van der Waals surface area contributed by atoms with Crippen molar-refractivity contribution in [1.29, 1.82) is 0 Å². The Bertz CT molecular complexity index is 1350. The van der Waals surface area contributed by atoms with Gasteiger partial charge in [0, 0.05) is 56.5 Å². The van der Waals surface area contributed by atoms with E-state index in [9.17, 15) is 4.79 Å². The second-order valence-electron chi connectivity index (χ2n) is 8.41. The van der Waals surface area contributed by atoms with Gasteiger partial charge in [0.05, 0.1) is 24.3 Å². The predicted molar refractivity (Wildman–Crippen MR) is 133 cm³/mol. The van der Waals surface area contributed by atoms with Gasteiger partial charge < -0.3 is 20.4 Å². The largest absolute Gasteiger partial charge is 0.379 e. The molecular weight excluding hydrogens is 430 g/mol. The van der Waals surface area contributed by atoms with E-state index in [0.29, 0.717) is 16.9 Å². The zero-order chi connectivity index (χ0) is 23.5. The molecule has 34 heavy (non-hydrogen) atoms. The monoisotopic (exact) mass is 457 g/mol. The summed E-state index contributed by atoms with van der Waals surface area (Å²) in [6, 6.07) is 12.0. The minimum atomic E-state index is -0.116. The van der Waals surface area contributed by atoms with Crippen LogP contribution in [-0.2, 0) is 18.2 Å². The fraction of sp³-hybridized carbons (Fsp3) is 0.280. The van der Waals surface area contributed by atoms with Crippen molar-refractivity contribution in [2.45, 2.75) is 6.42 Å². The second kappa shape index (κ2) is 9.58. The number of rotatable bonds is 6. The van der Waals surface area contributed by atoms with E-state index in [1.165, 1.54) is 5.56 Å². The molecule has 1 saturated heterocycles. The second-order valence-corrected chi connectivity index (χ2v) is 8.41. The number of ether oxygens (including phenoxy) is 1. The molecule has 1 fully saturated rings. The standard InChI is InChI=1S/C25H27N7O2/c1-31-8-7-18-14-21(19-15-27-25(26)28-16-19)30-23(22(18)24(31)33)29-20-4-2-17(3-5-20)6-9-32-10-12-34-13-11-32/h2-5,7-8,14-16H,6,9-13H2,1H3,(H,29,30)(H2,26,27,28). The van der Waals surface area contributed by atoms with Crippen LogP contribution in [0.4, 0.5) is 17.5 Å². The topological polar surface area (TPSA) is 111 Å². The van der Waals surface area contributed by atoms with E-state index in [-0.39, 0.29) is 11.5 Å². The van der Waals surface area contributed by atoms with Gasteiger partial charge in [-0.05, 0) is 41.6 Å². The summed E-state index contributed by atoms with van der Waals surface area (Å²) in [6.45, 7) is 4.62. The van der Waals surface area contributed by atoms with Gasteiger partial charge in [-0.1, -0.05) is 12.1 Å². The van der Waals surface area contributed by atoms with Crippen LogP contribution in [0.15, 0.2) is 59.8 Å². The Morgan fingerprint density at radius 1 is 1.09 bits per heavy atom. The van der Waals surface area contributed by atoms with Crippen LogP contribution in [0.2, 0.25) is 0 Å². The van der Waals surface area contributed by atoms with Gasteiger partial charge >= 0.3 is 0 Å². The number of aryl methyl sites for hydroxylation is 1. The molecule has 0 spiro atoms. The molecule has 0 unspecified atom stereocenters. The lowest BCUT2D eigenvalue weighted by molar-refractivity contribution is 0.0384. The number of nitrogens with zero attached hydrogens (tertiary/aromatic N) is 5. The van der Waals surface area contributed by atoms with E-state index in [0.717, 1.165) is 55.9 Å². The third-order valence-electron chi connectivity index (χ3n) is 6.07. The molecule has 1 aliphatic rings. The van der Waals surface area contributed by atoms with Gasteiger partial charge in [0.25, 0.3) is 5.56 Å². The molecule has 0 bridgehead atoms. The third kappa shape index (κ3) is 4.75. The van der Waals surface area contributed by atoms with Crippen LogP contribution in [0.5, 0.6) is 0 Å². The van der Waals surface area contributed by atoms with Crippen LogP contribution in [-0.4, -0.2) is 57.3 Å². The molecule has 9 heteroatoms. The number of hydrogen-bond donors (Lipinski definition) is 2. The van der Waals surface area contributed by atoms with Gasteiger partial charge in [0.1, 0.15) is 5.82 Å². The molecule has 0 aliphatic carbocycles. The van der Waals surface area contributed by atoms with Crippen LogP contribution in [0.1, 0.15) is 5.56 Å². The number of morpholine rings is 1. The highest BCUT2D eigenvalue weighted by atomic mass is 16.5. The molecule has 5 rings (SSSR count). The van der Waals surface area contributed by atoms with Crippen molar-refractivity contribution < 1.29 is 4.74 Å². The normalized spacial score (nSPS) is 14.4. The van der Waals surface area contributed by atoms with Gasteiger partial charge in [-0.25, -0.2) is 15.0 Å². The minimum Gasteiger partial charge on any atom is -0.379 e. The van der Waals surface area contributed by atoms with Crippen molar-refractivity contribution in [2.24, 2.45) is 7.05 Å². The van der Waals surface area contributed by atoms with E-state index < -0.39 is 0 Å². The number of nitrogen functional groups attached to an aromatic ring is 1. The fourth-order valence-corrected chi connectivity index (χ4v) is 4.07. The fourth-order valence-electron chi connectivity index (χ4n) is 4.07. The number of nitrogens with one attached hydrogen (secondary N) is 1. The number of hydrogen-bond acceptors (Lipinski definition) is 8. The molecule has 3 aromatic heterocycles. The summed E-state index contributed by atoms with van der Waals surface area (Å²) < 4.78 is 6.97. The highest BCUT2D eigenvalue weighted by Crippen LogP contribution is 2.27. The van der Waals surface area contributed by atoms with Crippen molar-refractivity contribution in [1.82, 2.24) is 24.4 Å². The van der Waals surface area contributed by atoms with Gasteiger partial charge in [-0.15, -0.1) is 0 Å². The molecule has 3 N–H and O–H groups in total. The molecule has 1 aliphatic heterocycles. The molecule has 4 heterocycles. The number of nitrogens with two attached hydrogens (primary N) is 1. The number of pyridine rings is 2. The SMILES string of the molecule is Cn1ccc2cc(-c3cnc(N)nc3)nc(Nc3ccc(CCN4CCOCC4)cc3)c2c1=O. The lowest BCUT2D eigenvalue weighted by Crippen LogP contribution is -2.37. The van der Waals surface area contributed by atoms with Crippen LogP contribution in [0.3, 0.4) is 0 Å². The van der Waals surface area contributed by atoms with Gasteiger partial charge in [-0.3, -0.25) is 9.69 Å². The van der Waals surface area contributed by atoms with E-state index in [1.807, 2.05) is 24.3 Å². The summed E-state index contributed by atoms with van der Waals surface area (Å²) in [6.07, 6.45) is 5.99. The number of aromatic nitrogens is 4. The first-order valence-electron chi connectivity index (χ1n) is 11.3. The first-order valence-corrected chi connectivity index (χ1v) is 11.3. The third-order valence-corrected chi connectivity index (χ3v) is 6.07. The molecule has 0 atom stereocenters. The maximum absolute atomic E-state index is 12.9. The number of benzene rings is 1. The van der Waals surface area contributed by atoms with Crippen molar-refractivity contribution in [3.8, 4) is 11.3 Å². The highest BCUT2D eigenvalue weighted by Gasteiger charge is 2.14. The molecule has 9 nitrogen and oxygen atoms in total. The smallest absolute Gasteiger partial charge is 0.261 e. The van der Waals surface area contributed by atoms with Gasteiger partial charge in [0.15, 0.2) is 0 Å². The summed E-state index contributed by atoms with van der Waals surface area (Å²) in [5.74, 6) is 0.692. The molecule has 0 saturated carbocycles. The lowest BCUT2D eigenvalue weighted by atomic mass is 10.1. The first-order chi connectivity index (χ1) is 16.6. The molecule has 0 amide bonds. The van der Waals surface area contributed by atoms with E-state index >= 15 is 0 Å². The van der Waals surface area contributed by atoms with Crippen LogP contribution in [0.25, 0.3) is 22.0 Å². The van der Waals surface area contributed by atoms with Crippen molar-refractivity contribution >= 4 is 28.2 Å². The van der Waals surface area contributed by atoms with E-state index in [1.54, 1.807) is 30.2 Å². The average molecular weight is 458 g/mol. The molecule has 174 valence electrons. The average Bonchev–Trinajstić information content (AvgIpc) is 2.87. The Labute approximate surface area is 197 Å². The Kier molecular flexibility index (Phi) is 6.20. The van der Waals surface area contributed by atoms with Crippen molar-refractivity contribution in [3.05, 3.63) is 70.9 Å². The number of fused-ring (bicyclic) bond motifs is 1. The minimum absolute atomic E-state index is 0.116. The van der Waals surface area contributed by atoms with Crippen molar-refractivity contribution in [3.63, 3.8) is 0 Å². The summed E-state index contributed by atoms with van der Waals surface area (Å²) in [4.78, 5) is 28.3. The van der Waals surface area contributed by atoms with Crippen molar-refractivity contribution in [2.75, 3.05) is 43.9 Å². The van der Waals surface area contributed by atoms with Gasteiger partial charge in [0.2, 0.25) is 5.95 Å². The predicted octanol–water partition coefficient (Wildman–Crippen LogP) is 2.59. The van der Waals surface area contributed by atoms with E-state index in [2.05, 4.69) is 32.3 Å².